The second-order valence-electron chi connectivity index (χ2n) is 4.86. The highest BCUT2D eigenvalue weighted by atomic mass is 79.9. The Labute approximate surface area is 144 Å². The molecular weight excluding hydrogens is 370 g/mol. The van der Waals surface area contributed by atoms with Crippen LogP contribution in [-0.4, -0.2) is 42.5 Å². The van der Waals surface area contributed by atoms with Crippen molar-refractivity contribution < 1.29 is 14.3 Å². The van der Waals surface area contributed by atoms with Crippen LogP contribution in [0, 0.1) is 0 Å². The first-order valence-electron chi connectivity index (χ1n) is 7.15. The number of carbonyl (C=O) groups is 1. The van der Waals surface area contributed by atoms with Crippen LogP contribution in [0.4, 0.5) is 0 Å². The van der Waals surface area contributed by atoms with Crippen molar-refractivity contribution in [3.8, 4) is 5.75 Å². The average molecular weight is 389 g/mol. The number of hydrogen-bond acceptors (Lipinski definition) is 3. The quantitative estimate of drug-likeness (QED) is 0.551. The number of amides is 1. The molecule has 1 heterocycles. The Kier molecular flexibility index (Phi) is 6.29. The number of allylic oxidation sites excluding steroid dienone is 1. The third-order valence-corrected chi connectivity index (χ3v) is 4.51. The second kappa shape index (κ2) is 7.99. The summed E-state index contributed by atoms with van der Waals surface area (Å²) in [4.78, 5) is 13.8. The number of nitrogens with zero attached hydrogens (tertiary/aromatic N) is 1. The molecular formula is C16H19BrClNO3. The minimum Gasteiger partial charge on any atom is -0.491 e. The molecule has 0 saturated heterocycles. The van der Waals surface area contributed by atoms with Gasteiger partial charge in [-0.2, -0.15) is 0 Å². The summed E-state index contributed by atoms with van der Waals surface area (Å²) in [6.07, 6.45) is 2.70. The maximum absolute atomic E-state index is 12.2. The highest BCUT2D eigenvalue weighted by Gasteiger charge is 2.29. The van der Waals surface area contributed by atoms with E-state index in [1.165, 1.54) is 0 Å². The van der Waals surface area contributed by atoms with E-state index in [1.807, 2.05) is 25.1 Å². The largest absolute Gasteiger partial charge is 0.491 e. The van der Waals surface area contributed by atoms with Gasteiger partial charge in [0.05, 0.1) is 16.5 Å². The summed E-state index contributed by atoms with van der Waals surface area (Å²) in [6.45, 7) is 3.55. The molecule has 1 aliphatic rings. The van der Waals surface area contributed by atoms with E-state index in [-0.39, 0.29) is 10.7 Å². The summed E-state index contributed by atoms with van der Waals surface area (Å²) < 4.78 is 10.5. The minimum absolute atomic E-state index is 0.0662. The van der Waals surface area contributed by atoms with E-state index in [0.717, 1.165) is 11.3 Å². The molecule has 1 atom stereocenters. The maximum Gasteiger partial charge on any atom is 0.241 e. The summed E-state index contributed by atoms with van der Waals surface area (Å²) in [5.74, 6) is 0.756. The van der Waals surface area contributed by atoms with Crippen molar-refractivity contribution in [3.05, 3.63) is 34.9 Å². The number of ether oxygens (including phenoxy) is 2. The standard InChI is InChI=1S/C16H19BrClNO3/c1-3-19-15(7-6-13(17)16(19)20)12-5-4-11(10-14(12)18)22-9-8-21-2/h4-5,7,10,13H,3,6,8-9H2,1-2H3. The summed E-state index contributed by atoms with van der Waals surface area (Å²) in [5, 5.41) is 0.570. The Morgan fingerprint density at radius 2 is 2.18 bits per heavy atom. The number of carbonyl (C=O) groups excluding carboxylic acids is 1. The molecule has 2 rings (SSSR count). The van der Waals surface area contributed by atoms with Crippen LogP contribution in [0.5, 0.6) is 5.75 Å². The number of rotatable bonds is 6. The number of benzene rings is 1. The van der Waals surface area contributed by atoms with Crippen LogP contribution in [0.3, 0.4) is 0 Å². The van der Waals surface area contributed by atoms with Gasteiger partial charge in [-0.15, -0.1) is 0 Å². The van der Waals surface area contributed by atoms with Crippen molar-refractivity contribution in [3.63, 3.8) is 0 Å². The molecule has 6 heteroatoms. The van der Waals surface area contributed by atoms with Crippen LogP contribution < -0.4 is 4.74 Å². The van der Waals surface area contributed by atoms with Gasteiger partial charge in [0, 0.05) is 24.9 Å². The fourth-order valence-electron chi connectivity index (χ4n) is 2.33. The molecule has 0 fully saturated rings. The fourth-order valence-corrected chi connectivity index (χ4v) is 3.03. The molecule has 0 saturated carbocycles. The van der Waals surface area contributed by atoms with Crippen molar-refractivity contribution in [2.24, 2.45) is 0 Å². The maximum atomic E-state index is 12.2. The third-order valence-electron chi connectivity index (χ3n) is 3.43. The van der Waals surface area contributed by atoms with Crippen molar-refractivity contribution in [1.29, 1.82) is 0 Å². The third kappa shape index (κ3) is 3.83. The Bertz CT molecular complexity index is 577. The van der Waals surface area contributed by atoms with E-state index in [4.69, 9.17) is 21.1 Å². The first-order valence-corrected chi connectivity index (χ1v) is 8.45. The lowest BCUT2D eigenvalue weighted by molar-refractivity contribution is -0.127. The van der Waals surface area contributed by atoms with Gasteiger partial charge in [0.1, 0.15) is 12.4 Å². The summed E-state index contributed by atoms with van der Waals surface area (Å²) in [5.41, 5.74) is 1.70. The number of hydrogen-bond donors (Lipinski definition) is 0. The molecule has 0 aliphatic carbocycles. The van der Waals surface area contributed by atoms with Gasteiger partial charge in [-0.1, -0.05) is 33.6 Å². The predicted molar refractivity (Wildman–Crippen MR) is 91.5 cm³/mol. The summed E-state index contributed by atoms with van der Waals surface area (Å²) in [7, 11) is 1.63. The second-order valence-corrected chi connectivity index (χ2v) is 6.37. The Balaban J connectivity index is 2.23. The van der Waals surface area contributed by atoms with E-state index in [1.54, 1.807) is 18.1 Å². The first kappa shape index (κ1) is 17.3. The van der Waals surface area contributed by atoms with Gasteiger partial charge >= 0.3 is 0 Å². The summed E-state index contributed by atoms with van der Waals surface area (Å²) >= 11 is 9.78. The Morgan fingerprint density at radius 3 is 2.82 bits per heavy atom. The van der Waals surface area contributed by atoms with Gasteiger partial charge < -0.3 is 14.4 Å². The molecule has 1 aromatic carbocycles. The first-order chi connectivity index (χ1) is 10.6. The van der Waals surface area contributed by atoms with Gasteiger partial charge in [-0.05, 0) is 31.5 Å². The molecule has 120 valence electrons. The van der Waals surface area contributed by atoms with E-state index >= 15 is 0 Å². The van der Waals surface area contributed by atoms with Crippen molar-refractivity contribution in [2.45, 2.75) is 18.2 Å². The molecule has 1 unspecified atom stereocenters. The van der Waals surface area contributed by atoms with Crippen molar-refractivity contribution in [1.82, 2.24) is 4.90 Å². The van der Waals surface area contributed by atoms with Crippen LogP contribution in [0.1, 0.15) is 18.9 Å². The number of halogens is 2. The zero-order valence-electron chi connectivity index (χ0n) is 12.6. The lowest BCUT2D eigenvalue weighted by atomic mass is 10.0. The van der Waals surface area contributed by atoms with Gasteiger partial charge in [-0.3, -0.25) is 4.79 Å². The van der Waals surface area contributed by atoms with Crippen LogP contribution in [0.2, 0.25) is 5.02 Å². The van der Waals surface area contributed by atoms with Crippen LogP contribution in [0.15, 0.2) is 24.3 Å². The fraction of sp³-hybridized carbons (Fsp3) is 0.438. The van der Waals surface area contributed by atoms with Crippen molar-refractivity contribution >= 4 is 39.1 Å². The molecule has 1 aliphatic heterocycles. The van der Waals surface area contributed by atoms with Crippen molar-refractivity contribution in [2.75, 3.05) is 26.9 Å². The molecule has 4 nitrogen and oxygen atoms in total. The topological polar surface area (TPSA) is 38.8 Å². The van der Waals surface area contributed by atoms with E-state index in [2.05, 4.69) is 15.9 Å². The molecule has 1 aromatic rings. The normalized spacial score (nSPS) is 18.4. The molecule has 0 aromatic heterocycles. The van der Waals surface area contributed by atoms with E-state index < -0.39 is 0 Å². The minimum atomic E-state index is -0.161. The lowest BCUT2D eigenvalue weighted by Crippen LogP contribution is -2.38. The molecule has 0 bridgehead atoms. The van der Waals surface area contributed by atoms with Crippen LogP contribution in [-0.2, 0) is 9.53 Å². The lowest BCUT2D eigenvalue weighted by Gasteiger charge is -2.30. The molecule has 0 spiro atoms. The van der Waals surface area contributed by atoms with Crippen LogP contribution in [0.25, 0.3) is 5.70 Å². The number of alkyl halides is 1. The number of methoxy groups -OCH3 is 1. The SMILES string of the molecule is CCN1C(=O)C(Br)CC=C1c1ccc(OCCOC)cc1Cl. The average Bonchev–Trinajstić information content (AvgIpc) is 2.51. The predicted octanol–water partition coefficient (Wildman–Crippen LogP) is 3.72. The molecule has 0 N–H and O–H groups in total. The highest BCUT2D eigenvalue weighted by Crippen LogP contribution is 2.34. The molecule has 22 heavy (non-hydrogen) atoms. The summed E-state index contributed by atoms with van der Waals surface area (Å²) in [6, 6.07) is 5.52. The highest BCUT2D eigenvalue weighted by molar-refractivity contribution is 9.10. The van der Waals surface area contributed by atoms with Gasteiger partial charge in [0.25, 0.3) is 0 Å². The molecule has 0 radical (unpaired) electrons. The molecule has 1 amide bonds. The van der Waals surface area contributed by atoms with Crippen LogP contribution >= 0.6 is 27.5 Å². The Hall–Kier alpha value is -1.04. The smallest absolute Gasteiger partial charge is 0.241 e. The van der Waals surface area contributed by atoms with E-state index in [9.17, 15) is 4.79 Å². The Morgan fingerprint density at radius 1 is 1.41 bits per heavy atom. The zero-order chi connectivity index (χ0) is 16.1. The monoisotopic (exact) mass is 387 g/mol. The van der Waals surface area contributed by atoms with Gasteiger partial charge in [-0.25, -0.2) is 0 Å². The van der Waals surface area contributed by atoms with E-state index in [0.29, 0.717) is 37.0 Å². The van der Waals surface area contributed by atoms with Gasteiger partial charge in [0.15, 0.2) is 0 Å². The zero-order valence-corrected chi connectivity index (χ0v) is 15.0. The van der Waals surface area contributed by atoms with Gasteiger partial charge in [0.2, 0.25) is 5.91 Å².